The Hall–Kier alpha value is -2.21. The van der Waals surface area contributed by atoms with Crippen molar-refractivity contribution >= 4 is 32.6 Å². The lowest BCUT2D eigenvalue weighted by Crippen LogP contribution is -2.13. The lowest BCUT2D eigenvalue weighted by molar-refractivity contribution is 0.102. The van der Waals surface area contributed by atoms with Gasteiger partial charge in [-0.05, 0) is 24.5 Å². The average molecular weight is 314 g/mol. The van der Waals surface area contributed by atoms with E-state index in [1.54, 1.807) is 11.7 Å². The molecule has 0 atom stereocenters. The molecule has 0 aliphatic heterocycles. The first-order valence-corrected chi connectivity index (χ1v) is 7.98. The molecule has 0 fully saturated rings. The lowest BCUT2D eigenvalue weighted by atomic mass is 10.0. The molecule has 1 amide bonds. The second kappa shape index (κ2) is 5.53. The van der Waals surface area contributed by atoms with Gasteiger partial charge in [0.25, 0.3) is 5.91 Å². The van der Waals surface area contributed by atoms with Crippen LogP contribution in [0.4, 0.5) is 5.13 Å². The summed E-state index contributed by atoms with van der Waals surface area (Å²) in [5.41, 5.74) is 3.45. The van der Waals surface area contributed by atoms with Crippen LogP contribution in [0.5, 0.6) is 0 Å². The zero-order chi connectivity index (χ0) is 15.9. The molecule has 0 aliphatic carbocycles. The van der Waals surface area contributed by atoms with Crippen LogP contribution in [0.2, 0.25) is 0 Å². The summed E-state index contributed by atoms with van der Waals surface area (Å²) in [6, 6.07) is 6.14. The maximum Gasteiger partial charge on any atom is 0.278 e. The fourth-order valence-electron chi connectivity index (χ4n) is 2.48. The summed E-state index contributed by atoms with van der Waals surface area (Å²) in [6.07, 6.45) is 1.82. The summed E-state index contributed by atoms with van der Waals surface area (Å²) in [5, 5.41) is 7.66. The van der Waals surface area contributed by atoms with Crippen molar-refractivity contribution in [2.75, 3.05) is 5.32 Å². The fraction of sp³-hybridized carbons (Fsp3) is 0.312. The average Bonchev–Trinajstić information content (AvgIpc) is 3.00. The number of nitrogens with zero attached hydrogens (tertiary/aromatic N) is 3. The third-order valence-electron chi connectivity index (χ3n) is 3.52. The van der Waals surface area contributed by atoms with Crippen molar-refractivity contribution < 1.29 is 4.79 Å². The standard InChI is InChI=1S/C16H18N4OS/c1-9(2)11-6-5-7-12-14(11)17-16(22-12)18-15(21)13-10(3)8-20(4)19-13/h5-9H,1-4H3,(H,17,18,21). The topological polar surface area (TPSA) is 59.8 Å². The molecule has 2 heterocycles. The number of anilines is 1. The van der Waals surface area contributed by atoms with E-state index in [0.29, 0.717) is 16.7 Å². The first kappa shape index (κ1) is 14.7. The molecule has 1 aromatic carbocycles. The molecule has 114 valence electrons. The number of thiazole rings is 1. The summed E-state index contributed by atoms with van der Waals surface area (Å²) < 4.78 is 2.72. The number of aromatic nitrogens is 3. The third-order valence-corrected chi connectivity index (χ3v) is 4.46. The van der Waals surface area contributed by atoms with Gasteiger partial charge < -0.3 is 0 Å². The lowest BCUT2D eigenvalue weighted by Gasteiger charge is -2.04. The number of rotatable bonds is 3. The second-order valence-corrected chi connectivity index (χ2v) is 6.69. The highest BCUT2D eigenvalue weighted by atomic mass is 32.1. The molecule has 0 spiro atoms. The van der Waals surface area contributed by atoms with Crippen molar-refractivity contribution in [2.45, 2.75) is 26.7 Å². The second-order valence-electron chi connectivity index (χ2n) is 5.66. The highest BCUT2D eigenvalue weighted by Gasteiger charge is 2.16. The van der Waals surface area contributed by atoms with Crippen LogP contribution in [0.3, 0.4) is 0 Å². The first-order valence-electron chi connectivity index (χ1n) is 7.16. The van der Waals surface area contributed by atoms with Crippen molar-refractivity contribution in [1.82, 2.24) is 14.8 Å². The molecule has 3 aromatic rings. The Kier molecular flexibility index (Phi) is 3.70. The quantitative estimate of drug-likeness (QED) is 0.801. The highest BCUT2D eigenvalue weighted by Crippen LogP contribution is 2.31. The molecule has 0 saturated heterocycles. The number of hydrogen-bond acceptors (Lipinski definition) is 4. The zero-order valence-corrected chi connectivity index (χ0v) is 13.9. The van der Waals surface area contributed by atoms with E-state index in [4.69, 9.17) is 0 Å². The Labute approximate surface area is 133 Å². The van der Waals surface area contributed by atoms with E-state index in [2.05, 4.69) is 35.3 Å². The summed E-state index contributed by atoms with van der Waals surface area (Å²) in [4.78, 5) is 16.9. The maximum absolute atomic E-state index is 12.3. The summed E-state index contributed by atoms with van der Waals surface area (Å²) >= 11 is 1.49. The van der Waals surface area contributed by atoms with Crippen LogP contribution in [-0.2, 0) is 7.05 Å². The van der Waals surface area contributed by atoms with Gasteiger partial charge in [-0.3, -0.25) is 14.8 Å². The predicted octanol–water partition coefficient (Wildman–Crippen LogP) is 3.71. The predicted molar refractivity (Wildman–Crippen MR) is 89.6 cm³/mol. The van der Waals surface area contributed by atoms with Crippen LogP contribution in [0.15, 0.2) is 24.4 Å². The molecular formula is C16H18N4OS. The molecular weight excluding hydrogens is 296 g/mol. The van der Waals surface area contributed by atoms with Crippen LogP contribution >= 0.6 is 11.3 Å². The van der Waals surface area contributed by atoms with Gasteiger partial charge in [0.1, 0.15) is 0 Å². The molecule has 0 radical (unpaired) electrons. The highest BCUT2D eigenvalue weighted by molar-refractivity contribution is 7.22. The third kappa shape index (κ3) is 2.62. The number of carbonyl (C=O) groups excluding carboxylic acids is 1. The molecule has 0 unspecified atom stereocenters. The van der Waals surface area contributed by atoms with Gasteiger partial charge in [-0.15, -0.1) is 0 Å². The number of benzene rings is 1. The largest absolute Gasteiger partial charge is 0.296 e. The minimum absolute atomic E-state index is 0.219. The molecule has 0 saturated carbocycles. The molecule has 0 bridgehead atoms. The van der Waals surface area contributed by atoms with Crippen LogP contribution in [0.25, 0.3) is 10.2 Å². The van der Waals surface area contributed by atoms with E-state index in [9.17, 15) is 4.79 Å². The Morgan fingerprint density at radius 2 is 2.14 bits per heavy atom. The smallest absolute Gasteiger partial charge is 0.278 e. The number of para-hydroxylation sites is 1. The molecule has 1 N–H and O–H groups in total. The van der Waals surface area contributed by atoms with Crippen molar-refractivity contribution in [3.05, 3.63) is 41.2 Å². The summed E-state index contributed by atoms with van der Waals surface area (Å²) in [5.74, 6) is 0.177. The van der Waals surface area contributed by atoms with Crippen LogP contribution in [0.1, 0.15) is 41.4 Å². The van der Waals surface area contributed by atoms with Crippen molar-refractivity contribution in [3.63, 3.8) is 0 Å². The molecule has 6 heteroatoms. The van der Waals surface area contributed by atoms with E-state index >= 15 is 0 Å². The Balaban J connectivity index is 1.93. The number of amides is 1. The minimum atomic E-state index is -0.219. The molecule has 5 nitrogen and oxygen atoms in total. The monoisotopic (exact) mass is 314 g/mol. The molecule has 3 rings (SSSR count). The number of fused-ring (bicyclic) bond motifs is 1. The maximum atomic E-state index is 12.3. The zero-order valence-electron chi connectivity index (χ0n) is 13.0. The molecule has 0 aliphatic rings. The molecule has 2 aromatic heterocycles. The van der Waals surface area contributed by atoms with Crippen LogP contribution in [-0.4, -0.2) is 20.7 Å². The van der Waals surface area contributed by atoms with E-state index in [-0.39, 0.29) is 5.91 Å². The van der Waals surface area contributed by atoms with Crippen LogP contribution < -0.4 is 5.32 Å². The van der Waals surface area contributed by atoms with Gasteiger partial charge in [0.15, 0.2) is 10.8 Å². The number of carbonyl (C=O) groups is 1. The van der Waals surface area contributed by atoms with E-state index in [0.717, 1.165) is 15.8 Å². The van der Waals surface area contributed by atoms with Gasteiger partial charge in [-0.1, -0.05) is 37.3 Å². The fourth-order valence-corrected chi connectivity index (χ4v) is 3.37. The Bertz CT molecular complexity index is 847. The van der Waals surface area contributed by atoms with Gasteiger partial charge in [0.2, 0.25) is 0 Å². The Morgan fingerprint density at radius 1 is 1.36 bits per heavy atom. The Morgan fingerprint density at radius 3 is 2.77 bits per heavy atom. The minimum Gasteiger partial charge on any atom is -0.296 e. The first-order chi connectivity index (χ1) is 10.5. The van der Waals surface area contributed by atoms with Crippen LogP contribution in [0, 0.1) is 6.92 Å². The molecule has 22 heavy (non-hydrogen) atoms. The van der Waals surface area contributed by atoms with E-state index in [1.165, 1.54) is 16.9 Å². The number of nitrogens with one attached hydrogen (secondary N) is 1. The van der Waals surface area contributed by atoms with E-state index in [1.807, 2.05) is 25.3 Å². The summed E-state index contributed by atoms with van der Waals surface area (Å²) in [7, 11) is 1.80. The SMILES string of the molecule is Cc1cn(C)nc1C(=O)Nc1nc2c(C(C)C)cccc2s1. The van der Waals surface area contributed by atoms with Gasteiger partial charge >= 0.3 is 0 Å². The van der Waals surface area contributed by atoms with Crippen molar-refractivity contribution in [3.8, 4) is 0 Å². The van der Waals surface area contributed by atoms with Crippen molar-refractivity contribution in [2.24, 2.45) is 7.05 Å². The summed E-state index contributed by atoms with van der Waals surface area (Å²) in [6.45, 7) is 6.16. The van der Waals surface area contributed by atoms with Gasteiger partial charge in [-0.25, -0.2) is 4.98 Å². The van der Waals surface area contributed by atoms with Gasteiger partial charge in [0.05, 0.1) is 10.2 Å². The van der Waals surface area contributed by atoms with Crippen molar-refractivity contribution in [1.29, 1.82) is 0 Å². The normalized spacial score (nSPS) is 11.3. The van der Waals surface area contributed by atoms with Gasteiger partial charge in [0, 0.05) is 18.8 Å². The van der Waals surface area contributed by atoms with Gasteiger partial charge in [-0.2, -0.15) is 5.10 Å². The van der Waals surface area contributed by atoms with E-state index < -0.39 is 0 Å². The number of hydrogen-bond donors (Lipinski definition) is 1. The number of aryl methyl sites for hydroxylation is 2.